The molecule has 0 rings (SSSR count). The molecule has 0 heterocycles. The van der Waals surface area contributed by atoms with Crippen molar-refractivity contribution in [2.45, 2.75) is 0 Å². The van der Waals surface area contributed by atoms with Gasteiger partial charge in [-0.2, -0.15) is 7.82 Å². The molecule has 0 atom stereocenters. The van der Waals surface area contributed by atoms with E-state index in [0.717, 1.165) is 0 Å². The first kappa shape index (κ1) is 22.5. The summed E-state index contributed by atoms with van der Waals surface area (Å²) in [6.45, 7) is 0. The van der Waals surface area contributed by atoms with Crippen LogP contribution >= 0.6 is 7.82 Å². The smallest absolute Gasteiger partial charge is 0.822 e. The van der Waals surface area contributed by atoms with Crippen LogP contribution in [0.5, 0.6) is 0 Å². The summed E-state index contributed by atoms with van der Waals surface area (Å²) in [7, 11) is -5.39. The Morgan fingerprint density at radius 1 is 1.00 bits per heavy atom. The molecule has 0 saturated heterocycles. The van der Waals surface area contributed by atoms with Crippen LogP contribution in [0.2, 0.25) is 0 Å². The second kappa shape index (κ2) is 10.2. The summed E-state index contributed by atoms with van der Waals surface area (Å²) >= 11 is 0. The molecule has 8 heavy (non-hydrogen) atoms. The molecule has 0 spiro atoms. The Labute approximate surface area is 117 Å². The zero-order valence-corrected chi connectivity index (χ0v) is 10.5. The summed E-state index contributed by atoms with van der Waals surface area (Å²) in [5.74, 6) is 0. The average molecular weight is 202 g/mol. The Hall–Kier alpha value is 3.16. The maximum atomic E-state index is 8.55. The van der Waals surface area contributed by atoms with Crippen molar-refractivity contribution in [3.05, 3.63) is 0 Å². The van der Waals surface area contributed by atoms with Gasteiger partial charge in [-0.05, 0) is 0 Å². The Morgan fingerprint density at radius 3 is 1.00 bits per heavy atom. The van der Waals surface area contributed by atoms with Crippen molar-refractivity contribution >= 4 is 101 Å². The van der Waals surface area contributed by atoms with Gasteiger partial charge in [0, 0.05) is 0 Å². The second-order valence-electron chi connectivity index (χ2n) is 0.447. The molecular weight excluding hydrogens is 202 g/mol. The summed E-state index contributed by atoms with van der Waals surface area (Å²) in [5.41, 5.74) is 0. The van der Waals surface area contributed by atoms with Gasteiger partial charge in [-0.25, -0.2) is 0 Å². The third kappa shape index (κ3) is 61.0. The second-order valence-corrected chi connectivity index (χ2v) is 1.34. The van der Waals surface area contributed by atoms with Crippen LogP contribution in [0, 0.1) is 0 Å². The first-order valence-corrected chi connectivity index (χ1v) is 2.19. The first-order valence-electron chi connectivity index (χ1n) is 0.730. The Bertz CT molecular complexity index is 60.2. The number of hydrogen-bond donors (Lipinski definition) is 0. The average Bonchev–Trinajstić information content (AvgIpc) is 0.722. The molecule has 0 unspecified atom stereocenters. The van der Waals surface area contributed by atoms with Crippen LogP contribution in [0.25, 0.3) is 0 Å². The molecule has 8 heteroatoms. The minimum Gasteiger partial charge on any atom is -0.822 e. The molecule has 32 valence electrons. The van der Waals surface area contributed by atoms with Crippen molar-refractivity contribution in [3.8, 4) is 0 Å². The molecule has 0 fully saturated rings. The summed E-state index contributed by atoms with van der Waals surface area (Å²) < 4.78 is 8.55. The normalized spacial score (nSPS) is 7.38. The molecular formula is AlCa2O4P+4. The van der Waals surface area contributed by atoms with Crippen LogP contribution in [-0.2, 0) is 4.57 Å². The van der Waals surface area contributed by atoms with Gasteiger partial charge in [-0.3, -0.25) is 0 Å². The van der Waals surface area contributed by atoms with E-state index in [9.17, 15) is 0 Å². The summed E-state index contributed by atoms with van der Waals surface area (Å²) in [6.07, 6.45) is 0. The van der Waals surface area contributed by atoms with Crippen LogP contribution in [0.1, 0.15) is 0 Å². The molecule has 0 aromatic carbocycles. The number of phosphoric acid groups is 1. The fraction of sp³-hybridized carbons (Fsp3) is 0. The minimum absolute atomic E-state index is 0. The summed E-state index contributed by atoms with van der Waals surface area (Å²) in [4.78, 5) is 25.6. The van der Waals surface area contributed by atoms with E-state index in [-0.39, 0.29) is 92.8 Å². The van der Waals surface area contributed by atoms with Gasteiger partial charge < -0.3 is 19.2 Å². The van der Waals surface area contributed by atoms with Crippen molar-refractivity contribution in [2.24, 2.45) is 0 Å². The van der Waals surface area contributed by atoms with E-state index in [0.29, 0.717) is 0 Å². The van der Waals surface area contributed by atoms with Crippen LogP contribution < -0.4 is 14.7 Å². The van der Waals surface area contributed by atoms with Crippen molar-refractivity contribution < 1.29 is 19.2 Å². The zero-order chi connectivity index (χ0) is 4.50. The summed E-state index contributed by atoms with van der Waals surface area (Å²) in [5, 5.41) is 0. The van der Waals surface area contributed by atoms with Crippen molar-refractivity contribution in [1.82, 2.24) is 0 Å². The van der Waals surface area contributed by atoms with Crippen LogP contribution in [0.15, 0.2) is 0 Å². The molecule has 0 aliphatic rings. The molecule has 0 aromatic rings. The molecule has 4 nitrogen and oxygen atoms in total. The van der Waals surface area contributed by atoms with Gasteiger partial charge in [0.2, 0.25) is 0 Å². The van der Waals surface area contributed by atoms with E-state index in [2.05, 4.69) is 0 Å². The van der Waals surface area contributed by atoms with E-state index in [1.54, 1.807) is 0 Å². The topological polar surface area (TPSA) is 86.2 Å². The molecule has 0 aliphatic carbocycles. The fourth-order valence-electron chi connectivity index (χ4n) is 0. The van der Waals surface area contributed by atoms with Crippen LogP contribution in [0.4, 0.5) is 0 Å². The monoisotopic (exact) mass is 202 g/mol. The van der Waals surface area contributed by atoms with Gasteiger partial charge in [0.25, 0.3) is 0 Å². The number of hydrogen-bond acceptors (Lipinski definition) is 4. The third-order valence-corrected chi connectivity index (χ3v) is 0. The maximum absolute atomic E-state index is 8.55. The van der Waals surface area contributed by atoms with Crippen molar-refractivity contribution in [2.75, 3.05) is 0 Å². The molecule has 0 aliphatic heterocycles. The minimum atomic E-state index is -5.39. The van der Waals surface area contributed by atoms with Crippen molar-refractivity contribution in [1.29, 1.82) is 0 Å². The van der Waals surface area contributed by atoms with Gasteiger partial charge in [0.05, 0.1) is 0 Å². The van der Waals surface area contributed by atoms with E-state index in [1.165, 1.54) is 0 Å². The van der Waals surface area contributed by atoms with Gasteiger partial charge in [0.1, 0.15) is 0 Å². The SMILES string of the molecule is O=P([O-])([O-])[O-].[Al+3].[Ca+2].[Ca+2]. The quantitative estimate of drug-likeness (QED) is 0.296. The first-order chi connectivity index (χ1) is 2.00. The molecule has 0 aromatic heterocycles. The fourth-order valence-corrected chi connectivity index (χ4v) is 0. The standard InChI is InChI=1S/Al.2Ca.H3O4P/c;;;1-5(2,3)4/h;;;(H3,1,2,3,4)/q+3;2*+2;/p-3. The Morgan fingerprint density at radius 2 is 1.00 bits per heavy atom. The predicted molar refractivity (Wildman–Crippen MR) is 24.9 cm³/mol. The zero-order valence-electron chi connectivity index (χ0n) is 4.07. The third-order valence-electron chi connectivity index (χ3n) is 0. The number of rotatable bonds is 0. The van der Waals surface area contributed by atoms with Gasteiger partial charge in [0.15, 0.2) is 0 Å². The van der Waals surface area contributed by atoms with E-state index in [4.69, 9.17) is 19.2 Å². The molecule has 0 amide bonds. The molecule has 0 N–H and O–H groups in total. The Balaban J connectivity index is -0.0000000267. The van der Waals surface area contributed by atoms with Gasteiger partial charge in [-0.1, -0.05) is 0 Å². The summed E-state index contributed by atoms with van der Waals surface area (Å²) in [6, 6.07) is 0. The van der Waals surface area contributed by atoms with Crippen molar-refractivity contribution in [3.63, 3.8) is 0 Å². The van der Waals surface area contributed by atoms with E-state index < -0.39 is 7.82 Å². The van der Waals surface area contributed by atoms with E-state index in [1.807, 2.05) is 0 Å². The largest absolute Gasteiger partial charge is 3.00 e. The van der Waals surface area contributed by atoms with E-state index >= 15 is 0 Å². The predicted octanol–water partition coefficient (Wildman–Crippen LogP) is -3.97. The molecule has 0 bridgehead atoms. The Kier molecular flexibility index (Phi) is 28.5. The molecule has 0 radical (unpaired) electrons. The van der Waals surface area contributed by atoms with Crippen LogP contribution in [-0.4, -0.2) is 92.8 Å². The van der Waals surface area contributed by atoms with Crippen LogP contribution in [0.3, 0.4) is 0 Å². The van der Waals surface area contributed by atoms with Gasteiger partial charge >= 0.3 is 92.8 Å². The maximum Gasteiger partial charge on any atom is 3.00 e. The van der Waals surface area contributed by atoms with Gasteiger partial charge in [-0.15, -0.1) is 0 Å². The molecule has 0 saturated carbocycles.